The number of hydrogen-bond acceptors (Lipinski definition) is 4. The highest BCUT2D eigenvalue weighted by molar-refractivity contribution is 6.63. The second kappa shape index (κ2) is 5.07. The van der Waals surface area contributed by atoms with Crippen molar-refractivity contribution in [1.29, 1.82) is 0 Å². The van der Waals surface area contributed by atoms with E-state index in [0.29, 0.717) is 6.04 Å². The molecule has 0 radical (unpaired) electrons. The van der Waals surface area contributed by atoms with Crippen LogP contribution < -0.4 is 0 Å². The van der Waals surface area contributed by atoms with E-state index in [1.54, 1.807) is 6.55 Å². The van der Waals surface area contributed by atoms with Gasteiger partial charge in [-0.2, -0.15) is 0 Å². The first-order valence-corrected chi connectivity index (χ1v) is 7.43. The number of morpholine rings is 1. The Balaban J connectivity index is 2.04. The molecule has 1 rings (SSSR count). The van der Waals surface area contributed by atoms with Gasteiger partial charge < -0.3 is 14.3 Å². The zero-order valence-electron chi connectivity index (χ0n) is 8.20. The maximum absolute atomic E-state index is 9.20. The SMILES string of the molecule is C[Si](O)(O)CCCN1CCOCC1. The zero-order valence-corrected chi connectivity index (χ0v) is 9.20. The van der Waals surface area contributed by atoms with Gasteiger partial charge >= 0.3 is 8.56 Å². The van der Waals surface area contributed by atoms with E-state index in [2.05, 4.69) is 4.90 Å². The number of nitrogens with zero attached hydrogens (tertiary/aromatic N) is 1. The molecule has 1 heterocycles. The summed E-state index contributed by atoms with van der Waals surface area (Å²) in [4.78, 5) is 20.7. The molecule has 78 valence electrons. The van der Waals surface area contributed by atoms with Crippen LogP contribution in [0, 0.1) is 0 Å². The molecule has 1 aliphatic rings. The van der Waals surface area contributed by atoms with Crippen LogP contribution in [0.25, 0.3) is 0 Å². The van der Waals surface area contributed by atoms with E-state index in [4.69, 9.17) is 4.74 Å². The lowest BCUT2D eigenvalue weighted by Crippen LogP contribution is -2.38. The van der Waals surface area contributed by atoms with Gasteiger partial charge in [0.2, 0.25) is 0 Å². The summed E-state index contributed by atoms with van der Waals surface area (Å²) in [6.07, 6.45) is 0.885. The average molecular weight is 205 g/mol. The molecule has 0 aliphatic carbocycles. The summed E-state index contributed by atoms with van der Waals surface area (Å²) in [5.41, 5.74) is 0. The minimum atomic E-state index is -2.80. The van der Waals surface area contributed by atoms with E-state index in [9.17, 15) is 9.59 Å². The second-order valence-corrected chi connectivity index (χ2v) is 6.71. The summed E-state index contributed by atoms with van der Waals surface area (Å²) in [5.74, 6) is 0. The van der Waals surface area contributed by atoms with Gasteiger partial charge in [-0.3, -0.25) is 4.90 Å². The molecule has 5 heteroatoms. The molecule has 1 aliphatic heterocycles. The first-order valence-electron chi connectivity index (χ1n) is 4.83. The van der Waals surface area contributed by atoms with Crippen LogP contribution in [0.1, 0.15) is 6.42 Å². The Bertz CT molecular complexity index is 143. The van der Waals surface area contributed by atoms with Gasteiger partial charge in [0.05, 0.1) is 13.2 Å². The monoisotopic (exact) mass is 205 g/mol. The molecule has 0 amide bonds. The molecule has 4 nitrogen and oxygen atoms in total. The Hall–Kier alpha value is 0.0569. The molecule has 0 spiro atoms. The van der Waals surface area contributed by atoms with Crippen molar-refractivity contribution in [3.63, 3.8) is 0 Å². The molecular formula is C8H19NO3Si. The fourth-order valence-electron chi connectivity index (χ4n) is 1.46. The fraction of sp³-hybridized carbons (Fsp3) is 1.00. The Morgan fingerprint density at radius 1 is 1.31 bits per heavy atom. The molecule has 13 heavy (non-hydrogen) atoms. The van der Waals surface area contributed by atoms with Gasteiger partial charge in [-0.15, -0.1) is 0 Å². The van der Waals surface area contributed by atoms with Crippen LogP contribution in [0.2, 0.25) is 12.6 Å². The molecule has 1 fully saturated rings. The summed E-state index contributed by atoms with van der Waals surface area (Å²) in [5, 5.41) is 0. The van der Waals surface area contributed by atoms with E-state index in [1.165, 1.54) is 0 Å². The zero-order chi connectivity index (χ0) is 9.73. The smallest absolute Gasteiger partial charge is 0.329 e. The third kappa shape index (κ3) is 5.38. The van der Waals surface area contributed by atoms with Crippen LogP contribution in [0.15, 0.2) is 0 Å². The van der Waals surface area contributed by atoms with E-state index >= 15 is 0 Å². The molecular weight excluding hydrogens is 186 g/mol. The third-order valence-electron chi connectivity index (χ3n) is 2.23. The molecule has 0 atom stereocenters. The fourth-order valence-corrected chi connectivity index (χ4v) is 2.29. The van der Waals surface area contributed by atoms with E-state index in [0.717, 1.165) is 39.3 Å². The molecule has 0 unspecified atom stereocenters. The number of hydrogen-bond donors (Lipinski definition) is 2. The van der Waals surface area contributed by atoms with Gasteiger partial charge in [-0.25, -0.2) is 0 Å². The van der Waals surface area contributed by atoms with Gasteiger partial charge in [-0.05, 0) is 25.6 Å². The van der Waals surface area contributed by atoms with Gasteiger partial charge in [0.15, 0.2) is 0 Å². The highest BCUT2D eigenvalue weighted by atomic mass is 28.4. The van der Waals surface area contributed by atoms with Gasteiger partial charge in [0.1, 0.15) is 0 Å². The standard InChI is InChI=1S/C8H19NO3Si/c1-13(10,11)8-2-3-9-4-6-12-7-5-9/h10-11H,2-8H2,1H3. The van der Waals surface area contributed by atoms with E-state index in [-0.39, 0.29) is 0 Å². The maximum atomic E-state index is 9.20. The van der Waals surface area contributed by atoms with Crippen LogP contribution in [0.4, 0.5) is 0 Å². The van der Waals surface area contributed by atoms with E-state index < -0.39 is 8.56 Å². The Morgan fingerprint density at radius 2 is 1.92 bits per heavy atom. The predicted octanol–water partition coefficient (Wildman–Crippen LogP) is -0.235. The van der Waals surface area contributed by atoms with Crippen LogP contribution in [0.5, 0.6) is 0 Å². The Labute approximate surface area is 80.4 Å². The lowest BCUT2D eigenvalue weighted by Gasteiger charge is -2.26. The second-order valence-electron chi connectivity index (χ2n) is 3.77. The Morgan fingerprint density at radius 3 is 2.46 bits per heavy atom. The number of ether oxygens (including phenoxy) is 1. The molecule has 2 N–H and O–H groups in total. The Kier molecular flexibility index (Phi) is 4.34. The van der Waals surface area contributed by atoms with Crippen LogP contribution in [-0.4, -0.2) is 55.9 Å². The minimum Gasteiger partial charge on any atom is -0.411 e. The van der Waals surface area contributed by atoms with Crippen molar-refractivity contribution in [3.8, 4) is 0 Å². The first kappa shape index (κ1) is 11.1. The van der Waals surface area contributed by atoms with Crippen LogP contribution >= 0.6 is 0 Å². The summed E-state index contributed by atoms with van der Waals surface area (Å²) in [6.45, 7) is 6.11. The average Bonchev–Trinajstić information content (AvgIpc) is 2.04. The van der Waals surface area contributed by atoms with Crippen molar-refractivity contribution in [2.75, 3.05) is 32.8 Å². The van der Waals surface area contributed by atoms with Crippen molar-refractivity contribution in [3.05, 3.63) is 0 Å². The first-order chi connectivity index (χ1) is 6.08. The molecule has 0 aromatic carbocycles. The summed E-state index contributed by atoms with van der Waals surface area (Å²) >= 11 is 0. The summed E-state index contributed by atoms with van der Waals surface area (Å²) in [7, 11) is -2.80. The highest BCUT2D eigenvalue weighted by Crippen LogP contribution is 2.06. The summed E-state index contributed by atoms with van der Waals surface area (Å²) < 4.78 is 5.22. The van der Waals surface area contributed by atoms with Crippen molar-refractivity contribution < 1.29 is 14.3 Å². The molecule has 0 aromatic heterocycles. The van der Waals surface area contributed by atoms with Gasteiger partial charge in [0, 0.05) is 13.1 Å². The third-order valence-corrected chi connectivity index (χ3v) is 3.53. The maximum Gasteiger partial charge on any atom is 0.329 e. The lowest BCUT2D eigenvalue weighted by atomic mass is 10.3. The van der Waals surface area contributed by atoms with E-state index in [1.807, 2.05) is 0 Å². The minimum absolute atomic E-state index is 0.574. The number of rotatable bonds is 4. The van der Waals surface area contributed by atoms with Crippen molar-refractivity contribution in [1.82, 2.24) is 4.90 Å². The van der Waals surface area contributed by atoms with Crippen molar-refractivity contribution in [2.24, 2.45) is 0 Å². The highest BCUT2D eigenvalue weighted by Gasteiger charge is 2.21. The molecule has 0 bridgehead atoms. The topological polar surface area (TPSA) is 52.9 Å². The lowest BCUT2D eigenvalue weighted by molar-refractivity contribution is 0.0378. The van der Waals surface area contributed by atoms with Crippen LogP contribution in [0.3, 0.4) is 0 Å². The van der Waals surface area contributed by atoms with Crippen molar-refractivity contribution >= 4 is 8.56 Å². The van der Waals surface area contributed by atoms with Gasteiger partial charge in [-0.1, -0.05) is 0 Å². The summed E-state index contributed by atoms with van der Waals surface area (Å²) in [6, 6.07) is 0.574. The normalized spacial score (nSPS) is 20.5. The molecule has 0 aromatic rings. The molecule has 0 saturated carbocycles. The van der Waals surface area contributed by atoms with Gasteiger partial charge in [0.25, 0.3) is 0 Å². The van der Waals surface area contributed by atoms with Crippen LogP contribution in [-0.2, 0) is 4.74 Å². The quantitative estimate of drug-likeness (QED) is 0.622. The predicted molar refractivity (Wildman–Crippen MR) is 52.7 cm³/mol. The van der Waals surface area contributed by atoms with Crippen molar-refractivity contribution in [2.45, 2.75) is 19.0 Å². The molecule has 1 saturated heterocycles. The largest absolute Gasteiger partial charge is 0.411 e.